The number of anilines is 1. The maximum absolute atomic E-state index is 12.0. The van der Waals surface area contributed by atoms with Crippen molar-refractivity contribution in [1.29, 1.82) is 0 Å². The number of aromatic nitrogens is 5. The quantitative estimate of drug-likeness (QED) is 0.712. The zero-order chi connectivity index (χ0) is 18.6. The second-order valence-corrected chi connectivity index (χ2v) is 7.06. The van der Waals surface area contributed by atoms with Gasteiger partial charge < -0.3 is 5.32 Å². The maximum Gasteiger partial charge on any atom is 0.266 e. The van der Waals surface area contributed by atoms with Crippen molar-refractivity contribution >= 4 is 11.6 Å². The Morgan fingerprint density at radius 3 is 3.00 bits per heavy atom. The Bertz CT molecular complexity index is 964. The summed E-state index contributed by atoms with van der Waals surface area (Å²) in [6.45, 7) is 5.21. The largest absolute Gasteiger partial charge is 0.352 e. The Morgan fingerprint density at radius 2 is 2.07 bits per heavy atom. The SMILES string of the molecule is Cc1ccc(=O)n(CCN2CCCCC2CNc2nnc3ccccn23)n1. The lowest BCUT2D eigenvalue weighted by atomic mass is 10.0. The van der Waals surface area contributed by atoms with Crippen molar-refractivity contribution in [3.63, 3.8) is 0 Å². The second kappa shape index (κ2) is 7.87. The summed E-state index contributed by atoms with van der Waals surface area (Å²) in [6.07, 6.45) is 5.53. The molecule has 142 valence electrons. The number of hydrogen-bond acceptors (Lipinski definition) is 6. The molecule has 1 aliphatic heterocycles. The Balaban J connectivity index is 1.40. The minimum Gasteiger partial charge on any atom is -0.352 e. The van der Waals surface area contributed by atoms with Crippen molar-refractivity contribution < 1.29 is 0 Å². The van der Waals surface area contributed by atoms with Crippen molar-refractivity contribution in [1.82, 2.24) is 29.3 Å². The summed E-state index contributed by atoms with van der Waals surface area (Å²) >= 11 is 0. The molecule has 0 aromatic carbocycles. The predicted octanol–water partition coefficient (Wildman–Crippen LogP) is 1.56. The Kier molecular flexibility index (Phi) is 5.15. The Hall–Kier alpha value is -2.74. The third-order valence-corrected chi connectivity index (χ3v) is 5.16. The molecule has 1 N–H and O–H groups in total. The molecular formula is C19H25N7O. The molecular weight excluding hydrogens is 342 g/mol. The van der Waals surface area contributed by atoms with Crippen molar-refractivity contribution in [2.75, 3.05) is 25.0 Å². The molecule has 1 saturated heterocycles. The highest BCUT2D eigenvalue weighted by Gasteiger charge is 2.22. The summed E-state index contributed by atoms with van der Waals surface area (Å²) in [5.74, 6) is 0.771. The van der Waals surface area contributed by atoms with Gasteiger partial charge in [-0.2, -0.15) is 5.10 Å². The van der Waals surface area contributed by atoms with E-state index in [0.717, 1.165) is 43.3 Å². The van der Waals surface area contributed by atoms with Crippen molar-refractivity contribution in [2.45, 2.75) is 38.8 Å². The van der Waals surface area contributed by atoms with Crippen LogP contribution in [0.4, 0.5) is 5.95 Å². The molecule has 0 aliphatic carbocycles. The molecule has 1 fully saturated rings. The van der Waals surface area contributed by atoms with E-state index in [2.05, 4.69) is 25.5 Å². The van der Waals surface area contributed by atoms with Crippen LogP contribution in [-0.2, 0) is 6.54 Å². The number of hydrogen-bond donors (Lipinski definition) is 1. The average molecular weight is 367 g/mol. The van der Waals surface area contributed by atoms with Gasteiger partial charge in [0.25, 0.3) is 5.56 Å². The smallest absolute Gasteiger partial charge is 0.266 e. The van der Waals surface area contributed by atoms with E-state index in [1.807, 2.05) is 35.7 Å². The maximum atomic E-state index is 12.0. The van der Waals surface area contributed by atoms with Crippen LogP contribution in [-0.4, -0.2) is 55.0 Å². The van der Waals surface area contributed by atoms with Crippen LogP contribution in [0.1, 0.15) is 25.0 Å². The van der Waals surface area contributed by atoms with Gasteiger partial charge in [0, 0.05) is 31.4 Å². The molecule has 4 rings (SSSR count). The van der Waals surface area contributed by atoms with Gasteiger partial charge in [-0.25, -0.2) is 4.68 Å². The van der Waals surface area contributed by atoms with Crippen LogP contribution >= 0.6 is 0 Å². The first-order chi connectivity index (χ1) is 13.2. The van der Waals surface area contributed by atoms with Crippen molar-refractivity contribution in [3.05, 3.63) is 52.6 Å². The molecule has 3 aromatic rings. The molecule has 8 heteroatoms. The van der Waals surface area contributed by atoms with Gasteiger partial charge in [-0.05, 0) is 44.5 Å². The van der Waals surface area contributed by atoms with Crippen LogP contribution in [0.15, 0.2) is 41.3 Å². The first-order valence-corrected chi connectivity index (χ1v) is 9.53. The van der Waals surface area contributed by atoms with E-state index in [1.54, 1.807) is 16.8 Å². The Labute approximate surface area is 157 Å². The van der Waals surface area contributed by atoms with Crippen LogP contribution in [0.5, 0.6) is 0 Å². The predicted molar refractivity (Wildman–Crippen MR) is 104 cm³/mol. The van der Waals surface area contributed by atoms with Gasteiger partial charge >= 0.3 is 0 Å². The molecule has 0 bridgehead atoms. The first-order valence-electron chi connectivity index (χ1n) is 9.53. The van der Waals surface area contributed by atoms with Crippen molar-refractivity contribution in [2.24, 2.45) is 0 Å². The number of likely N-dealkylation sites (tertiary alicyclic amines) is 1. The van der Waals surface area contributed by atoms with E-state index in [4.69, 9.17) is 0 Å². The highest BCUT2D eigenvalue weighted by molar-refractivity contribution is 5.44. The third-order valence-electron chi connectivity index (χ3n) is 5.16. The minimum absolute atomic E-state index is 0.0396. The summed E-state index contributed by atoms with van der Waals surface area (Å²) in [5, 5.41) is 16.2. The molecule has 4 heterocycles. The van der Waals surface area contributed by atoms with Gasteiger partial charge in [0.05, 0.1) is 12.2 Å². The number of aryl methyl sites for hydroxylation is 1. The summed E-state index contributed by atoms with van der Waals surface area (Å²) in [5.41, 5.74) is 1.66. The van der Waals surface area contributed by atoms with E-state index in [1.165, 1.54) is 12.8 Å². The van der Waals surface area contributed by atoms with Gasteiger partial charge in [-0.15, -0.1) is 10.2 Å². The minimum atomic E-state index is -0.0396. The molecule has 8 nitrogen and oxygen atoms in total. The van der Waals surface area contributed by atoms with Gasteiger partial charge in [-0.3, -0.25) is 14.1 Å². The zero-order valence-electron chi connectivity index (χ0n) is 15.6. The summed E-state index contributed by atoms with van der Waals surface area (Å²) in [7, 11) is 0. The summed E-state index contributed by atoms with van der Waals surface area (Å²) < 4.78 is 3.53. The lowest BCUT2D eigenvalue weighted by Crippen LogP contribution is -2.45. The monoisotopic (exact) mass is 367 g/mol. The molecule has 0 amide bonds. The number of nitrogens with one attached hydrogen (secondary N) is 1. The molecule has 0 saturated carbocycles. The van der Waals surface area contributed by atoms with Gasteiger partial charge in [0.15, 0.2) is 5.65 Å². The van der Waals surface area contributed by atoms with E-state index in [-0.39, 0.29) is 5.56 Å². The third kappa shape index (κ3) is 4.00. The summed E-state index contributed by atoms with van der Waals surface area (Å²) in [6, 6.07) is 9.63. The van der Waals surface area contributed by atoms with Crippen LogP contribution in [0.3, 0.4) is 0 Å². The first kappa shape index (κ1) is 17.7. The fraction of sp³-hybridized carbons (Fsp3) is 0.474. The number of fused-ring (bicyclic) bond motifs is 1. The fourth-order valence-corrected chi connectivity index (χ4v) is 3.69. The normalized spacial score (nSPS) is 18.0. The van der Waals surface area contributed by atoms with Gasteiger partial charge in [0.2, 0.25) is 5.95 Å². The highest BCUT2D eigenvalue weighted by Crippen LogP contribution is 2.18. The van der Waals surface area contributed by atoms with Gasteiger partial charge in [-0.1, -0.05) is 12.5 Å². The zero-order valence-corrected chi connectivity index (χ0v) is 15.6. The standard InChI is InChI=1S/C19H25N7O/c1-15-8-9-18(27)26(23-15)13-12-24-10-4-2-6-16(24)14-20-19-22-21-17-7-3-5-11-25(17)19/h3,5,7-9,11,16H,2,4,6,10,12-14H2,1H3,(H,20,22). The Morgan fingerprint density at radius 1 is 1.15 bits per heavy atom. The van der Waals surface area contributed by atoms with E-state index in [0.29, 0.717) is 12.6 Å². The lowest BCUT2D eigenvalue weighted by Gasteiger charge is -2.35. The van der Waals surface area contributed by atoms with Crippen LogP contribution in [0.2, 0.25) is 0 Å². The molecule has 0 radical (unpaired) electrons. The molecule has 1 aliphatic rings. The fourth-order valence-electron chi connectivity index (χ4n) is 3.69. The number of pyridine rings is 1. The van der Waals surface area contributed by atoms with Gasteiger partial charge in [0.1, 0.15) is 0 Å². The number of nitrogens with zero attached hydrogens (tertiary/aromatic N) is 6. The van der Waals surface area contributed by atoms with Crippen LogP contribution in [0, 0.1) is 6.92 Å². The van der Waals surface area contributed by atoms with Crippen LogP contribution < -0.4 is 10.9 Å². The van der Waals surface area contributed by atoms with Crippen LogP contribution in [0.25, 0.3) is 5.65 Å². The second-order valence-electron chi connectivity index (χ2n) is 7.06. The summed E-state index contributed by atoms with van der Waals surface area (Å²) in [4.78, 5) is 14.4. The van der Waals surface area contributed by atoms with E-state index >= 15 is 0 Å². The number of piperidine rings is 1. The topological polar surface area (TPSA) is 80.4 Å². The molecule has 1 unspecified atom stereocenters. The molecule has 1 atom stereocenters. The lowest BCUT2D eigenvalue weighted by molar-refractivity contribution is 0.147. The van der Waals surface area contributed by atoms with E-state index in [9.17, 15) is 4.79 Å². The molecule has 3 aromatic heterocycles. The van der Waals surface area contributed by atoms with E-state index < -0.39 is 0 Å². The molecule has 0 spiro atoms. The number of rotatable bonds is 6. The average Bonchev–Trinajstić information content (AvgIpc) is 3.11. The molecule has 27 heavy (non-hydrogen) atoms. The highest BCUT2D eigenvalue weighted by atomic mass is 16.1. The van der Waals surface area contributed by atoms with Crippen molar-refractivity contribution in [3.8, 4) is 0 Å².